The third-order valence-electron chi connectivity index (χ3n) is 3.17. The number of phenolic OH excluding ortho intramolecular Hbond substituents is 1. The zero-order valence-electron chi connectivity index (χ0n) is 10.7. The Hall–Kier alpha value is -1.91. The molecule has 1 aromatic carbocycles. The van der Waals surface area contributed by atoms with Gasteiger partial charge < -0.3 is 19.9 Å². The van der Waals surface area contributed by atoms with Crippen molar-refractivity contribution in [3.05, 3.63) is 23.8 Å². The number of phenols is 1. The highest BCUT2D eigenvalue weighted by atomic mass is 16.6. The third kappa shape index (κ3) is 2.20. The lowest BCUT2D eigenvalue weighted by Gasteiger charge is -2.38. The van der Waals surface area contributed by atoms with Gasteiger partial charge in [-0.1, -0.05) is 13.8 Å². The van der Waals surface area contributed by atoms with Crippen molar-refractivity contribution < 1.29 is 19.4 Å². The first-order valence-corrected chi connectivity index (χ1v) is 5.74. The summed E-state index contributed by atoms with van der Waals surface area (Å²) in [6, 6.07) is 4.76. The van der Waals surface area contributed by atoms with Gasteiger partial charge in [0.2, 0.25) is 0 Å². The molecule has 0 aromatic heterocycles. The number of alkyl carbamates (subject to hydrolysis) is 1. The van der Waals surface area contributed by atoms with Gasteiger partial charge in [0, 0.05) is 17.0 Å². The van der Waals surface area contributed by atoms with E-state index in [0.717, 1.165) is 0 Å². The molecule has 0 unspecified atom stereocenters. The van der Waals surface area contributed by atoms with Gasteiger partial charge in [-0.3, -0.25) is 0 Å². The number of amides is 1. The van der Waals surface area contributed by atoms with Crippen LogP contribution in [0.15, 0.2) is 18.2 Å². The molecule has 2 N–H and O–H groups in total. The van der Waals surface area contributed by atoms with Crippen LogP contribution in [0.3, 0.4) is 0 Å². The molecule has 5 heteroatoms. The van der Waals surface area contributed by atoms with Crippen LogP contribution in [0, 0.1) is 5.41 Å². The standard InChI is InChI=1S/C13H17NO4/c1-13(2)7-18-12(16)14-11(13)9-5-4-8(17-3)6-10(9)15/h4-6,11,15H,7H2,1-3H3,(H,14,16)/t11-/m1/s1. The number of carbonyl (C=O) groups excluding carboxylic acids is 1. The Bertz CT molecular complexity index is 470. The molecule has 1 saturated heterocycles. The molecule has 98 valence electrons. The molecule has 5 nitrogen and oxygen atoms in total. The minimum Gasteiger partial charge on any atom is -0.507 e. The average molecular weight is 251 g/mol. The lowest BCUT2D eigenvalue weighted by molar-refractivity contribution is 0.0381. The van der Waals surface area contributed by atoms with Crippen LogP contribution in [0.2, 0.25) is 0 Å². The van der Waals surface area contributed by atoms with E-state index in [-0.39, 0.29) is 17.2 Å². The van der Waals surface area contributed by atoms with Crippen LogP contribution in [0.4, 0.5) is 4.79 Å². The van der Waals surface area contributed by atoms with Crippen LogP contribution in [-0.4, -0.2) is 24.9 Å². The number of nitrogens with one attached hydrogen (secondary N) is 1. The summed E-state index contributed by atoms with van der Waals surface area (Å²) in [4.78, 5) is 11.3. The van der Waals surface area contributed by atoms with E-state index < -0.39 is 6.09 Å². The summed E-state index contributed by atoms with van der Waals surface area (Å²) in [7, 11) is 1.54. The monoisotopic (exact) mass is 251 g/mol. The summed E-state index contributed by atoms with van der Waals surface area (Å²) in [6.07, 6.45) is -0.463. The van der Waals surface area contributed by atoms with Gasteiger partial charge in [-0.15, -0.1) is 0 Å². The SMILES string of the molecule is COc1ccc([C@H]2NC(=O)OCC2(C)C)c(O)c1. The summed E-state index contributed by atoms with van der Waals surface area (Å²) in [5, 5.41) is 12.8. The van der Waals surface area contributed by atoms with E-state index in [1.54, 1.807) is 12.1 Å². The first-order chi connectivity index (χ1) is 8.44. The summed E-state index contributed by atoms with van der Waals surface area (Å²) in [6.45, 7) is 4.26. The number of cyclic esters (lactones) is 1. The summed E-state index contributed by atoms with van der Waals surface area (Å²) < 4.78 is 10.0. The molecule has 0 radical (unpaired) electrons. The molecule has 1 aromatic rings. The van der Waals surface area contributed by atoms with Gasteiger partial charge in [0.05, 0.1) is 13.2 Å². The van der Waals surface area contributed by atoms with E-state index in [0.29, 0.717) is 17.9 Å². The van der Waals surface area contributed by atoms with E-state index in [9.17, 15) is 9.90 Å². The normalized spacial score (nSPS) is 21.9. The number of hydrogen-bond acceptors (Lipinski definition) is 4. The summed E-state index contributed by atoms with van der Waals surface area (Å²) in [5.41, 5.74) is 0.373. The van der Waals surface area contributed by atoms with Gasteiger partial charge >= 0.3 is 6.09 Å². The van der Waals surface area contributed by atoms with E-state index >= 15 is 0 Å². The Morgan fingerprint density at radius 1 is 1.50 bits per heavy atom. The highest BCUT2D eigenvalue weighted by Gasteiger charge is 2.39. The zero-order valence-corrected chi connectivity index (χ0v) is 10.7. The van der Waals surface area contributed by atoms with Crippen LogP contribution in [0.25, 0.3) is 0 Å². The molecule has 18 heavy (non-hydrogen) atoms. The number of carbonyl (C=O) groups is 1. The maximum atomic E-state index is 11.3. The number of methoxy groups -OCH3 is 1. The molecule has 0 bridgehead atoms. The second-order valence-corrected chi connectivity index (χ2v) is 5.07. The molecular weight excluding hydrogens is 234 g/mol. The fourth-order valence-corrected chi connectivity index (χ4v) is 2.08. The molecule has 2 rings (SSSR count). The van der Waals surface area contributed by atoms with Crippen molar-refractivity contribution in [3.8, 4) is 11.5 Å². The van der Waals surface area contributed by atoms with Crippen molar-refractivity contribution in [2.45, 2.75) is 19.9 Å². The molecule has 1 aliphatic rings. The van der Waals surface area contributed by atoms with Crippen molar-refractivity contribution in [3.63, 3.8) is 0 Å². The average Bonchev–Trinajstić information content (AvgIpc) is 2.32. The molecule has 0 spiro atoms. The maximum absolute atomic E-state index is 11.3. The topological polar surface area (TPSA) is 67.8 Å². The van der Waals surface area contributed by atoms with Crippen LogP contribution < -0.4 is 10.1 Å². The van der Waals surface area contributed by atoms with E-state index in [1.165, 1.54) is 13.2 Å². The van der Waals surface area contributed by atoms with Gasteiger partial charge in [-0.2, -0.15) is 0 Å². The van der Waals surface area contributed by atoms with E-state index in [2.05, 4.69) is 5.32 Å². The number of benzene rings is 1. The van der Waals surface area contributed by atoms with Crippen molar-refractivity contribution in [2.75, 3.05) is 13.7 Å². The fraction of sp³-hybridized carbons (Fsp3) is 0.462. The van der Waals surface area contributed by atoms with Crippen LogP contribution in [0.1, 0.15) is 25.5 Å². The van der Waals surface area contributed by atoms with E-state index in [4.69, 9.17) is 9.47 Å². The summed E-state index contributed by atoms with van der Waals surface area (Å²) in [5.74, 6) is 0.682. The Labute approximate surface area is 106 Å². The van der Waals surface area contributed by atoms with Crippen molar-refractivity contribution in [1.29, 1.82) is 0 Å². The number of ether oxygens (including phenoxy) is 2. The zero-order chi connectivity index (χ0) is 13.3. The molecule has 0 aliphatic carbocycles. The Balaban J connectivity index is 2.37. The maximum Gasteiger partial charge on any atom is 0.407 e. The number of aromatic hydroxyl groups is 1. The molecule has 1 amide bonds. The van der Waals surface area contributed by atoms with Gasteiger partial charge in [-0.05, 0) is 12.1 Å². The van der Waals surface area contributed by atoms with E-state index in [1.807, 2.05) is 13.8 Å². The second-order valence-electron chi connectivity index (χ2n) is 5.07. The van der Waals surface area contributed by atoms with Crippen molar-refractivity contribution >= 4 is 6.09 Å². The first kappa shape index (κ1) is 12.5. The van der Waals surface area contributed by atoms with Gasteiger partial charge in [0.1, 0.15) is 18.1 Å². The predicted octanol–water partition coefficient (Wildman–Crippen LogP) is 2.21. The van der Waals surface area contributed by atoms with Gasteiger partial charge in [0.25, 0.3) is 0 Å². The van der Waals surface area contributed by atoms with Crippen LogP contribution >= 0.6 is 0 Å². The molecule has 1 fully saturated rings. The third-order valence-corrected chi connectivity index (χ3v) is 3.17. The second kappa shape index (κ2) is 4.40. The minimum absolute atomic E-state index is 0.106. The van der Waals surface area contributed by atoms with Crippen LogP contribution in [0.5, 0.6) is 11.5 Å². The van der Waals surface area contributed by atoms with Crippen LogP contribution in [-0.2, 0) is 4.74 Å². The van der Waals surface area contributed by atoms with Crippen molar-refractivity contribution in [2.24, 2.45) is 5.41 Å². The molecule has 0 saturated carbocycles. The Morgan fingerprint density at radius 3 is 2.83 bits per heavy atom. The fourth-order valence-electron chi connectivity index (χ4n) is 2.08. The smallest absolute Gasteiger partial charge is 0.407 e. The number of rotatable bonds is 2. The quantitative estimate of drug-likeness (QED) is 0.845. The highest BCUT2D eigenvalue weighted by Crippen LogP contribution is 2.40. The largest absolute Gasteiger partial charge is 0.507 e. The Kier molecular flexibility index (Phi) is 3.07. The molecule has 1 aliphatic heterocycles. The highest BCUT2D eigenvalue weighted by molar-refractivity contribution is 5.69. The molecule has 1 atom stereocenters. The van der Waals surface area contributed by atoms with Gasteiger partial charge in [-0.25, -0.2) is 4.79 Å². The minimum atomic E-state index is -0.463. The van der Waals surface area contributed by atoms with Crippen molar-refractivity contribution in [1.82, 2.24) is 5.32 Å². The van der Waals surface area contributed by atoms with Gasteiger partial charge in [0.15, 0.2) is 0 Å². The predicted molar refractivity (Wildman–Crippen MR) is 65.7 cm³/mol. The lowest BCUT2D eigenvalue weighted by atomic mass is 9.80. The first-order valence-electron chi connectivity index (χ1n) is 5.74. The lowest BCUT2D eigenvalue weighted by Crippen LogP contribution is -2.46. The summed E-state index contributed by atoms with van der Waals surface area (Å²) >= 11 is 0. The number of hydrogen-bond donors (Lipinski definition) is 2. The molecular formula is C13H17NO4. The Morgan fingerprint density at radius 2 is 2.22 bits per heavy atom. The molecule has 1 heterocycles.